The average molecular weight is 413 g/mol. The lowest BCUT2D eigenvalue weighted by Gasteiger charge is -2.13. The molecule has 0 saturated heterocycles. The third-order valence-electron chi connectivity index (χ3n) is 3.55. The lowest BCUT2D eigenvalue weighted by molar-refractivity contribution is 0.182. The van der Waals surface area contributed by atoms with Gasteiger partial charge in [0.05, 0.1) is 23.7 Å². The van der Waals surface area contributed by atoms with Crippen LogP contribution in [0.25, 0.3) is 0 Å². The molecule has 0 amide bonds. The molecule has 2 heterocycles. The molecule has 1 aromatic heterocycles. The number of hydrogen-bond acceptors (Lipinski definition) is 5. The van der Waals surface area contributed by atoms with Gasteiger partial charge in [-0.25, -0.2) is 4.98 Å². The van der Waals surface area contributed by atoms with Gasteiger partial charge in [-0.2, -0.15) is 0 Å². The number of halogens is 1. The van der Waals surface area contributed by atoms with Crippen LogP contribution >= 0.6 is 39.5 Å². The fourth-order valence-corrected chi connectivity index (χ4v) is 4.65. The lowest BCUT2D eigenvalue weighted by Crippen LogP contribution is -2.27. The Labute approximate surface area is 152 Å². The van der Waals surface area contributed by atoms with Crippen LogP contribution in [0.3, 0.4) is 0 Å². The minimum Gasteiger partial charge on any atom is -0.383 e. The maximum Gasteiger partial charge on any atom is 0.268 e. The van der Waals surface area contributed by atoms with E-state index in [-0.39, 0.29) is 5.56 Å². The predicted molar refractivity (Wildman–Crippen MR) is 98.5 cm³/mol. The quantitative estimate of drug-likeness (QED) is 0.535. The van der Waals surface area contributed by atoms with Crippen molar-refractivity contribution in [2.24, 2.45) is 0 Å². The summed E-state index contributed by atoms with van der Waals surface area (Å²) in [6.45, 7) is 1.05. The molecule has 23 heavy (non-hydrogen) atoms. The summed E-state index contributed by atoms with van der Waals surface area (Å²) in [4.78, 5) is 18.2. The summed E-state index contributed by atoms with van der Waals surface area (Å²) in [6.07, 6.45) is 0.881. The number of hydrogen-bond donors (Lipinski definition) is 0. The van der Waals surface area contributed by atoms with Crippen molar-refractivity contribution in [1.82, 2.24) is 9.55 Å². The summed E-state index contributed by atoms with van der Waals surface area (Å²) in [5, 5.41) is 0.788. The molecule has 2 aromatic rings. The number of benzene rings is 1. The minimum absolute atomic E-state index is 0.0767. The molecule has 4 nitrogen and oxygen atoms in total. The van der Waals surface area contributed by atoms with E-state index in [9.17, 15) is 4.79 Å². The Morgan fingerprint density at radius 2 is 2.17 bits per heavy atom. The highest BCUT2D eigenvalue weighted by atomic mass is 79.9. The lowest BCUT2D eigenvalue weighted by atomic mass is 10.2. The van der Waals surface area contributed by atoms with Crippen LogP contribution in [0, 0.1) is 0 Å². The van der Waals surface area contributed by atoms with Crippen LogP contribution < -0.4 is 5.56 Å². The second-order valence-corrected chi connectivity index (χ2v) is 8.10. The van der Waals surface area contributed by atoms with Gasteiger partial charge in [0.2, 0.25) is 0 Å². The second-order valence-electron chi connectivity index (χ2n) is 5.13. The largest absolute Gasteiger partial charge is 0.383 e. The van der Waals surface area contributed by atoms with Crippen LogP contribution in [-0.2, 0) is 23.5 Å². The fraction of sp³-hybridized carbons (Fsp3) is 0.375. The zero-order valence-corrected chi connectivity index (χ0v) is 16.0. The van der Waals surface area contributed by atoms with Crippen LogP contribution in [0.4, 0.5) is 0 Å². The molecule has 7 heteroatoms. The van der Waals surface area contributed by atoms with Gasteiger partial charge in [-0.3, -0.25) is 9.36 Å². The first-order chi connectivity index (χ1) is 11.2. The summed E-state index contributed by atoms with van der Waals surface area (Å²) in [6, 6.07) is 8.22. The molecule has 0 radical (unpaired) electrons. The first-order valence-corrected chi connectivity index (χ1v) is 10.1. The van der Waals surface area contributed by atoms with Gasteiger partial charge >= 0.3 is 0 Å². The van der Waals surface area contributed by atoms with E-state index in [1.807, 2.05) is 12.1 Å². The summed E-state index contributed by atoms with van der Waals surface area (Å²) in [5.41, 5.74) is 2.24. The molecule has 0 spiro atoms. The van der Waals surface area contributed by atoms with E-state index in [0.717, 1.165) is 38.1 Å². The van der Waals surface area contributed by atoms with E-state index in [1.165, 1.54) is 5.56 Å². The third-order valence-corrected chi connectivity index (χ3v) is 6.23. The Balaban J connectivity index is 1.86. The van der Waals surface area contributed by atoms with E-state index in [0.29, 0.717) is 13.2 Å². The standard InChI is InChI=1S/C16H17BrN2O2S2/c1-21-8-7-19-15(20)14-13(6-9-22-14)18-16(19)23-10-11-2-4-12(17)5-3-11/h2-5H,6-10H2,1H3. The molecule has 1 aliphatic rings. The van der Waals surface area contributed by atoms with Crippen LogP contribution in [-0.4, -0.2) is 29.0 Å². The molecular weight excluding hydrogens is 396 g/mol. The van der Waals surface area contributed by atoms with Crippen LogP contribution in [0.1, 0.15) is 11.3 Å². The Bertz CT molecular complexity index is 747. The molecule has 0 fully saturated rings. The molecule has 0 saturated carbocycles. The number of ether oxygens (including phenoxy) is 1. The number of aromatic nitrogens is 2. The Kier molecular flexibility index (Phi) is 5.85. The average Bonchev–Trinajstić information content (AvgIpc) is 3.02. The van der Waals surface area contributed by atoms with Crippen molar-refractivity contribution in [3.8, 4) is 0 Å². The predicted octanol–water partition coefficient (Wildman–Crippen LogP) is 3.59. The van der Waals surface area contributed by atoms with Crippen molar-refractivity contribution in [2.45, 2.75) is 28.8 Å². The SMILES string of the molecule is COCCn1c(SCc2ccc(Br)cc2)nc2c(c1=O)SCC2. The van der Waals surface area contributed by atoms with Gasteiger partial charge < -0.3 is 4.74 Å². The van der Waals surface area contributed by atoms with E-state index in [4.69, 9.17) is 9.72 Å². The molecule has 0 atom stereocenters. The number of aryl methyl sites for hydroxylation is 1. The van der Waals surface area contributed by atoms with Crippen LogP contribution in [0.5, 0.6) is 0 Å². The molecule has 3 rings (SSSR count). The van der Waals surface area contributed by atoms with Crippen LogP contribution in [0.15, 0.2) is 43.6 Å². The smallest absolute Gasteiger partial charge is 0.268 e. The Hall–Kier alpha value is -0.760. The van der Waals surface area contributed by atoms with E-state index >= 15 is 0 Å². The van der Waals surface area contributed by atoms with E-state index in [1.54, 1.807) is 35.2 Å². The number of thioether (sulfide) groups is 2. The number of rotatable bonds is 6. The Morgan fingerprint density at radius 3 is 2.91 bits per heavy atom. The van der Waals surface area contributed by atoms with Gasteiger partial charge in [0, 0.05) is 29.5 Å². The van der Waals surface area contributed by atoms with Gasteiger partial charge in [-0.15, -0.1) is 11.8 Å². The fourth-order valence-electron chi connectivity index (χ4n) is 2.34. The molecule has 122 valence electrons. The maximum atomic E-state index is 12.7. The highest BCUT2D eigenvalue weighted by molar-refractivity contribution is 9.10. The molecular formula is C16H17BrN2O2S2. The normalized spacial score (nSPS) is 13.3. The van der Waals surface area contributed by atoms with Crippen molar-refractivity contribution < 1.29 is 4.74 Å². The molecule has 0 unspecified atom stereocenters. The van der Waals surface area contributed by atoms with Gasteiger partial charge in [0.25, 0.3) is 5.56 Å². The monoisotopic (exact) mass is 412 g/mol. The molecule has 0 bridgehead atoms. The number of fused-ring (bicyclic) bond motifs is 1. The summed E-state index contributed by atoms with van der Waals surface area (Å²) in [7, 11) is 1.65. The summed E-state index contributed by atoms with van der Waals surface area (Å²) >= 11 is 6.67. The van der Waals surface area contributed by atoms with Gasteiger partial charge in [0.15, 0.2) is 5.16 Å². The third kappa shape index (κ3) is 4.02. The zero-order chi connectivity index (χ0) is 16.2. The highest BCUT2D eigenvalue weighted by Crippen LogP contribution is 2.29. The highest BCUT2D eigenvalue weighted by Gasteiger charge is 2.21. The van der Waals surface area contributed by atoms with Crippen molar-refractivity contribution in [3.05, 3.63) is 50.3 Å². The first kappa shape index (κ1) is 17.1. The second kappa shape index (κ2) is 7.88. The van der Waals surface area contributed by atoms with Gasteiger partial charge in [0.1, 0.15) is 0 Å². The van der Waals surface area contributed by atoms with Gasteiger partial charge in [-0.1, -0.05) is 39.8 Å². The van der Waals surface area contributed by atoms with Crippen molar-refractivity contribution in [1.29, 1.82) is 0 Å². The minimum atomic E-state index is 0.0767. The maximum absolute atomic E-state index is 12.7. The van der Waals surface area contributed by atoms with Crippen LogP contribution in [0.2, 0.25) is 0 Å². The molecule has 0 N–H and O–H groups in total. The molecule has 1 aromatic carbocycles. The van der Waals surface area contributed by atoms with Crippen molar-refractivity contribution in [3.63, 3.8) is 0 Å². The first-order valence-electron chi connectivity index (χ1n) is 7.31. The zero-order valence-electron chi connectivity index (χ0n) is 12.8. The molecule has 0 aliphatic carbocycles. The summed E-state index contributed by atoms with van der Waals surface area (Å²) < 4.78 is 7.96. The van der Waals surface area contributed by atoms with E-state index < -0.39 is 0 Å². The van der Waals surface area contributed by atoms with Crippen molar-refractivity contribution in [2.75, 3.05) is 19.5 Å². The number of nitrogens with zero attached hydrogens (tertiary/aromatic N) is 2. The molecule has 1 aliphatic heterocycles. The Morgan fingerprint density at radius 1 is 1.39 bits per heavy atom. The van der Waals surface area contributed by atoms with E-state index in [2.05, 4.69) is 28.1 Å². The topological polar surface area (TPSA) is 44.1 Å². The number of methoxy groups -OCH3 is 1. The van der Waals surface area contributed by atoms with Gasteiger partial charge in [-0.05, 0) is 17.7 Å². The summed E-state index contributed by atoms with van der Waals surface area (Å²) in [5.74, 6) is 1.74. The van der Waals surface area contributed by atoms with Crippen molar-refractivity contribution >= 4 is 39.5 Å².